The second-order valence-electron chi connectivity index (χ2n) is 5.08. The largest absolute Gasteiger partial charge is 0.387 e. The molecule has 0 heterocycles. The fraction of sp³-hybridized carbons (Fsp3) is 0.571. The molecule has 6 heteroatoms. The van der Waals surface area contributed by atoms with Crippen LogP contribution in [0, 0.1) is 16.0 Å². The molecular weight excluding hydrogens is 260 g/mol. The Morgan fingerprint density at radius 2 is 1.95 bits per heavy atom. The molecule has 0 saturated carbocycles. The van der Waals surface area contributed by atoms with E-state index in [1.54, 1.807) is 19.2 Å². The SMILES string of the molecule is COCC(NCC(O)c1ccc([N+](=O)[O-])cc1)C(C)C. The van der Waals surface area contributed by atoms with Crippen molar-refractivity contribution in [3.8, 4) is 0 Å². The van der Waals surface area contributed by atoms with Crippen molar-refractivity contribution in [2.24, 2.45) is 5.92 Å². The van der Waals surface area contributed by atoms with Gasteiger partial charge in [0.05, 0.1) is 17.6 Å². The van der Waals surface area contributed by atoms with E-state index in [0.717, 1.165) is 0 Å². The van der Waals surface area contributed by atoms with Gasteiger partial charge in [-0.3, -0.25) is 10.1 Å². The number of nitro benzene ring substituents is 1. The lowest BCUT2D eigenvalue weighted by Gasteiger charge is -2.23. The van der Waals surface area contributed by atoms with E-state index in [0.29, 0.717) is 24.6 Å². The van der Waals surface area contributed by atoms with Crippen molar-refractivity contribution in [1.82, 2.24) is 5.32 Å². The topological polar surface area (TPSA) is 84.6 Å². The number of non-ortho nitro benzene ring substituents is 1. The molecule has 0 aliphatic heterocycles. The van der Waals surface area contributed by atoms with Gasteiger partial charge in [0.25, 0.3) is 5.69 Å². The first-order valence-electron chi connectivity index (χ1n) is 6.60. The highest BCUT2D eigenvalue weighted by molar-refractivity contribution is 5.33. The van der Waals surface area contributed by atoms with Gasteiger partial charge in [-0.1, -0.05) is 13.8 Å². The third-order valence-electron chi connectivity index (χ3n) is 3.21. The number of hydrogen-bond acceptors (Lipinski definition) is 5. The molecule has 2 unspecified atom stereocenters. The molecule has 0 saturated heterocycles. The number of benzene rings is 1. The van der Waals surface area contributed by atoms with Gasteiger partial charge in [0.2, 0.25) is 0 Å². The third kappa shape index (κ3) is 4.88. The summed E-state index contributed by atoms with van der Waals surface area (Å²) >= 11 is 0. The molecule has 0 fully saturated rings. The lowest BCUT2D eigenvalue weighted by Crippen LogP contribution is -2.39. The van der Waals surface area contributed by atoms with Gasteiger partial charge in [-0.25, -0.2) is 0 Å². The molecule has 6 nitrogen and oxygen atoms in total. The zero-order chi connectivity index (χ0) is 15.1. The van der Waals surface area contributed by atoms with E-state index in [1.807, 2.05) is 0 Å². The highest BCUT2D eigenvalue weighted by Crippen LogP contribution is 2.17. The number of methoxy groups -OCH3 is 1. The van der Waals surface area contributed by atoms with Crippen molar-refractivity contribution in [3.63, 3.8) is 0 Å². The minimum Gasteiger partial charge on any atom is -0.387 e. The third-order valence-corrected chi connectivity index (χ3v) is 3.21. The Kier molecular flexibility index (Phi) is 6.57. The summed E-state index contributed by atoms with van der Waals surface area (Å²) in [5, 5.41) is 23.9. The molecule has 1 aromatic carbocycles. The monoisotopic (exact) mass is 282 g/mol. The van der Waals surface area contributed by atoms with E-state index in [4.69, 9.17) is 4.74 Å². The van der Waals surface area contributed by atoms with Gasteiger partial charge in [0, 0.05) is 31.8 Å². The summed E-state index contributed by atoms with van der Waals surface area (Å²) < 4.78 is 5.13. The minimum atomic E-state index is -0.700. The molecule has 0 spiro atoms. The van der Waals surface area contributed by atoms with E-state index in [1.165, 1.54) is 12.1 Å². The van der Waals surface area contributed by atoms with Crippen molar-refractivity contribution < 1.29 is 14.8 Å². The van der Waals surface area contributed by atoms with Gasteiger partial charge >= 0.3 is 0 Å². The predicted molar refractivity (Wildman–Crippen MR) is 76.6 cm³/mol. The van der Waals surface area contributed by atoms with E-state index in [9.17, 15) is 15.2 Å². The first-order chi connectivity index (χ1) is 9.45. The molecule has 0 aliphatic carbocycles. The van der Waals surface area contributed by atoms with Crippen LogP contribution in [0.1, 0.15) is 25.5 Å². The standard InChI is InChI=1S/C14H22N2O4/c1-10(2)13(9-20-3)15-8-14(17)11-4-6-12(7-5-11)16(18)19/h4-7,10,13-15,17H,8-9H2,1-3H3. The van der Waals surface area contributed by atoms with E-state index >= 15 is 0 Å². The number of aliphatic hydroxyl groups is 1. The maximum atomic E-state index is 10.6. The quantitative estimate of drug-likeness (QED) is 0.562. The van der Waals surface area contributed by atoms with Crippen LogP contribution in [0.15, 0.2) is 24.3 Å². The van der Waals surface area contributed by atoms with Crippen LogP contribution in [0.2, 0.25) is 0 Å². The van der Waals surface area contributed by atoms with Crippen LogP contribution in [0.3, 0.4) is 0 Å². The molecule has 0 aromatic heterocycles. The van der Waals surface area contributed by atoms with Gasteiger partial charge in [0.1, 0.15) is 0 Å². The highest BCUT2D eigenvalue weighted by Gasteiger charge is 2.16. The summed E-state index contributed by atoms with van der Waals surface area (Å²) in [6.45, 7) is 5.11. The molecule has 20 heavy (non-hydrogen) atoms. The summed E-state index contributed by atoms with van der Waals surface area (Å²) in [5.41, 5.74) is 0.677. The van der Waals surface area contributed by atoms with Crippen LogP contribution in [0.25, 0.3) is 0 Å². The summed E-state index contributed by atoms with van der Waals surface area (Å²) in [5.74, 6) is 0.388. The second-order valence-corrected chi connectivity index (χ2v) is 5.08. The number of rotatable bonds is 8. The fourth-order valence-electron chi connectivity index (χ4n) is 1.87. The molecule has 0 amide bonds. The molecular formula is C14H22N2O4. The first-order valence-corrected chi connectivity index (χ1v) is 6.60. The summed E-state index contributed by atoms with van der Waals surface area (Å²) in [6.07, 6.45) is -0.700. The summed E-state index contributed by atoms with van der Waals surface area (Å²) in [4.78, 5) is 10.1. The Labute approximate surface area is 118 Å². The fourth-order valence-corrected chi connectivity index (χ4v) is 1.87. The van der Waals surface area contributed by atoms with E-state index in [2.05, 4.69) is 19.2 Å². The average Bonchev–Trinajstić information content (AvgIpc) is 2.42. The second kappa shape index (κ2) is 7.94. The van der Waals surface area contributed by atoms with Crippen LogP contribution in [-0.4, -0.2) is 36.3 Å². The number of aliphatic hydroxyl groups excluding tert-OH is 1. The van der Waals surface area contributed by atoms with Gasteiger partial charge in [-0.2, -0.15) is 0 Å². The molecule has 0 bridgehead atoms. The molecule has 0 radical (unpaired) electrons. The first kappa shape index (κ1) is 16.6. The van der Waals surface area contributed by atoms with Crippen molar-refractivity contribution in [2.45, 2.75) is 26.0 Å². The maximum absolute atomic E-state index is 10.6. The van der Waals surface area contributed by atoms with Gasteiger partial charge in [-0.15, -0.1) is 0 Å². The molecule has 1 rings (SSSR count). The molecule has 0 aliphatic rings. The van der Waals surface area contributed by atoms with Crippen molar-refractivity contribution in [2.75, 3.05) is 20.3 Å². The Bertz CT molecular complexity index is 420. The Morgan fingerprint density at radius 3 is 2.40 bits per heavy atom. The Morgan fingerprint density at radius 1 is 1.35 bits per heavy atom. The number of nitrogens with zero attached hydrogens (tertiary/aromatic N) is 1. The zero-order valence-electron chi connectivity index (χ0n) is 12.1. The number of ether oxygens (including phenoxy) is 1. The van der Waals surface area contributed by atoms with Gasteiger partial charge in [-0.05, 0) is 23.6 Å². The van der Waals surface area contributed by atoms with E-state index in [-0.39, 0.29) is 11.7 Å². The van der Waals surface area contributed by atoms with Crippen LogP contribution in [0.5, 0.6) is 0 Å². The van der Waals surface area contributed by atoms with Crippen LogP contribution in [-0.2, 0) is 4.74 Å². The lowest BCUT2D eigenvalue weighted by atomic mass is 10.0. The molecule has 2 N–H and O–H groups in total. The summed E-state index contributed by atoms with van der Waals surface area (Å²) in [7, 11) is 1.64. The van der Waals surface area contributed by atoms with E-state index < -0.39 is 11.0 Å². The highest BCUT2D eigenvalue weighted by atomic mass is 16.6. The number of hydrogen-bond donors (Lipinski definition) is 2. The maximum Gasteiger partial charge on any atom is 0.269 e. The van der Waals surface area contributed by atoms with Crippen LogP contribution < -0.4 is 5.32 Å². The zero-order valence-corrected chi connectivity index (χ0v) is 12.1. The predicted octanol–water partition coefficient (Wildman–Crippen LogP) is 1.89. The molecule has 2 atom stereocenters. The number of nitro groups is 1. The van der Waals surface area contributed by atoms with Crippen LogP contribution in [0.4, 0.5) is 5.69 Å². The summed E-state index contributed by atoms with van der Waals surface area (Å²) in [6, 6.07) is 6.10. The Hall–Kier alpha value is -1.50. The number of nitrogens with one attached hydrogen (secondary N) is 1. The van der Waals surface area contributed by atoms with Crippen molar-refractivity contribution in [1.29, 1.82) is 0 Å². The van der Waals surface area contributed by atoms with Gasteiger partial charge < -0.3 is 15.2 Å². The lowest BCUT2D eigenvalue weighted by molar-refractivity contribution is -0.384. The van der Waals surface area contributed by atoms with Gasteiger partial charge in [0.15, 0.2) is 0 Å². The average molecular weight is 282 g/mol. The van der Waals surface area contributed by atoms with Crippen molar-refractivity contribution in [3.05, 3.63) is 39.9 Å². The Balaban J connectivity index is 2.57. The normalized spacial score (nSPS) is 14.2. The smallest absolute Gasteiger partial charge is 0.269 e. The molecule has 112 valence electrons. The van der Waals surface area contributed by atoms with Crippen molar-refractivity contribution >= 4 is 5.69 Å². The minimum absolute atomic E-state index is 0.0216. The van der Waals surface area contributed by atoms with Crippen LogP contribution >= 0.6 is 0 Å². The molecule has 1 aromatic rings.